The lowest BCUT2D eigenvalue weighted by atomic mass is 10.1. The summed E-state index contributed by atoms with van der Waals surface area (Å²) in [5.41, 5.74) is 11.5. The number of H-pyrrole nitrogens is 1. The Hall–Kier alpha value is -2.25. The minimum absolute atomic E-state index is 0.0257. The van der Waals surface area contributed by atoms with Crippen molar-refractivity contribution < 1.29 is 21.9 Å². The predicted molar refractivity (Wildman–Crippen MR) is 119 cm³/mol. The highest BCUT2D eigenvalue weighted by Crippen LogP contribution is 2.38. The number of nitrogens with two attached hydrogens (primary N) is 3. The number of β-amino-alcohol motifs (C(OH)–C–C–N with tert-alkyl or cyclic N) is 1. The van der Waals surface area contributed by atoms with Crippen molar-refractivity contribution in [1.82, 2.24) is 30.2 Å². The quantitative estimate of drug-likeness (QED) is 0.182. The van der Waals surface area contributed by atoms with Gasteiger partial charge in [0, 0.05) is 57.5 Å². The van der Waals surface area contributed by atoms with Crippen LogP contribution in [0.25, 0.3) is 11.4 Å². The van der Waals surface area contributed by atoms with Crippen molar-refractivity contribution in [3.05, 3.63) is 12.1 Å². The maximum atomic E-state index is 13.0. The monoisotopic (exact) mass is 504 g/mol. The number of aromatic nitrogens is 4. The van der Waals surface area contributed by atoms with Crippen LogP contribution in [0.3, 0.4) is 0 Å². The maximum absolute atomic E-state index is 13.0. The topological polar surface area (TPSA) is 240 Å². The first kappa shape index (κ1) is 25.4. The van der Waals surface area contributed by atoms with E-state index < -0.39 is 35.9 Å². The van der Waals surface area contributed by atoms with Crippen LogP contribution in [-0.2, 0) is 20.0 Å². The molecule has 2 aromatic rings. The molecule has 1 aliphatic rings. The molecule has 1 saturated heterocycles. The van der Waals surface area contributed by atoms with E-state index in [4.69, 9.17) is 21.7 Å². The fourth-order valence-corrected chi connectivity index (χ4v) is 6.23. The van der Waals surface area contributed by atoms with Gasteiger partial charge in [-0.3, -0.25) is 4.90 Å². The first-order valence-electron chi connectivity index (χ1n) is 10.1. The molecule has 184 valence electrons. The highest BCUT2D eigenvalue weighted by molar-refractivity contribution is 7.92. The third-order valence-corrected chi connectivity index (χ3v) is 7.81. The lowest BCUT2D eigenvalue weighted by molar-refractivity contribution is 0.189. The number of nitrogens with zero attached hydrogens (tertiary/aromatic N) is 5. The average Bonchev–Trinajstić information content (AvgIpc) is 3.31. The van der Waals surface area contributed by atoms with Crippen molar-refractivity contribution in [3.63, 3.8) is 0 Å². The fourth-order valence-electron chi connectivity index (χ4n) is 3.54. The van der Waals surface area contributed by atoms with E-state index in [9.17, 15) is 16.8 Å². The lowest BCUT2D eigenvalue weighted by Gasteiger charge is -2.37. The summed E-state index contributed by atoms with van der Waals surface area (Å²) in [5.74, 6) is -0.0532. The second-order valence-electron chi connectivity index (χ2n) is 7.48. The van der Waals surface area contributed by atoms with Gasteiger partial charge in [-0.05, 0) is 22.6 Å². The number of aromatic amines is 1. The zero-order chi connectivity index (χ0) is 24.2. The van der Waals surface area contributed by atoms with Crippen molar-refractivity contribution in [2.24, 2.45) is 16.6 Å². The fraction of sp³-hybridized carbons (Fsp3) is 0.562. The van der Waals surface area contributed by atoms with Gasteiger partial charge in [-0.15, -0.1) is 5.10 Å². The Kier molecular flexibility index (Phi) is 7.96. The van der Waals surface area contributed by atoms with Crippen LogP contribution in [0.2, 0.25) is 0 Å². The van der Waals surface area contributed by atoms with Gasteiger partial charge in [0.05, 0.1) is 12.2 Å². The smallest absolute Gasteiger partial charge is 0.242 e. The predicted octanol–water partition coefficient (Wildman–Crippen LogP) is -3.81. The second-order valence-corrected chi connectivity index (χ2v) is 10.7. The van der Waals surface area contributed by atoms with Gasteiger partial charge in [-0.1, -0.05) is 0 Å². The third kappa shape index (κ3) is 5.82. The lowest BCUT2D eigenvalue weighted by Crippen LogP contribution is -2.47. The number of anilines is 1. The number of hydrogen-bond acceptors (Lipinski definition) is 12. The van der Waals surface area contributed by atoms with Gasteiger partial charge in [-0.2, -0.15) is 0 Å². The number of benzene rings is 1. The van der Waals surface area contributed by atoms with Crippen LogP contribution in [-0.4, -0.2) is 106 Å². The molecule has 1 atom stereocenters. The minimum atomic E-state index is -4.56. The SMILES string of the molecule is NC[C@H](N)CNS(=O)(=O)c1ccc(N2CCN(CCO)CC2)c(-c2nnn[nH]2)c1S(N)(=O)=O. The molecule has 0 aliphatic carbocycles. The Morgan fingerprint density at radius 2 is 1.88 bits per heavy atom. The van der Waals surface area contributed by atoms with Gasteiger partial charge >= 0.3 is 0 Å². The molecule has 17 heteroatoms. The van der Waals surface area contributed by atoms with Gasteiger partial charge in [0.25, 0.3) is 0 Å². The molecule has 0 spiro atoms. The number of rotatable bonds is 10. The Balaban J connectivity index is 2.14. The van der Waals surface area contributed by atoms with Crippen LogP contribution in [0.4, 0.5) is 5.69 Å². The largest absolute Gasteiger partial charge is 0.395 e. The Morgan fingerprint density at radius 1 is 1.18 bits per heavy atom. The molecule has 0 amide bonds. The first-order valence-corrected chi connectivity index (χ1v) is 13.1. The van der Waals surface area contributed by atoms with Crippen LogP contribution in [0.5, 0.6) is 0 Å². The molecule has 1 aromatic heterocycles. The molecule has 0 unspecified atom stereocenters. The van der Waals surface area contributed by atoms with Crippen molar-refractivity contribution in [3.8, 4) is 11.4 Å². The number of piperazine rings is 1. The van der Waals surface area contributed by atoms with E-state index in [0.29, 0.717) is 38.4 Å². The van der Waals surface area contributed by atoms with Gasteiger partial charge in [-0.25, -0.2) is 31.8 Å². The zero-order valence-corrected chi connectivity index (χ0v) is 19.4. The van der Waals surface area contributed by atoms with Crippen LogP contribution in [0, 0.1) is 0 Å². The molecule has 2 heterocycles. The zero-order valence-electron chi connectivity index (χ0n) is 17.8. The number of aliphatic hydroxyl groups is 1. The summed E-state index contributed by atoms with van der Waals surface area (Å²) < 4.78 is 53.7. The van der Waals surface area contributed by atoms with Crippen LogP contribution >= 0.6 is 0 Å². The third-order valence-electron chi connectivity index (χ3n) is 5.22. The van der Waals surface area contributed by atoms with E-state index in [2.05, 4.69) is 30.2 Å². The summed E-state index contributed by atoms with van der Waals surface area (Å²) in [5, 5.41) is 28.0. The molecular weight excluding hydrogens is 476 g/mol. The number of tetrazole rings is 1. The molecule has 1 aliphatic heterocycles. The molecule has 0 saturated carbocycles. The van der Waals surface area contributed by atoms with Crippen molar-refractivity contribution >= 4 is 25.7 Å². The normalized spacial score (nSPS) is 16.8. The highest BCUT2D eigenvalue weighted by atomic mass is 32.2. The Bertz CT molecular complexity index is 1150. The summed E-state index contributed by atoms with van der Waals surface area (Å²) in [6.45, 7) is 2.58. The Morgan fingerprint density at radius 3 is 2.42 bits per heavy atom. The van der Waals surface area contributed by atoms with E-state index >= 15 is 0 Å². The molecule has 0 radical (unpaired) electrons. The average molecular weight is 505 g/mol. The number of hydrogen-bond donors (Lipinski definition) is 6. The second kappa shape index (κ2) is 10.3. The van der Waals surface area contributed by atoms with Crippen molar-refractivity contribution in [1.29, 1.82) is 0 Å². The van der Waals surface area contributed by atoms with E-state index in [-0.39, 0.29) is 31.1 Å². The number of nitrogens with one attached hydrogen (secondary N) is 2. The van der Waals surface area contributed by atoms with E-state index in [1.165, 1.54) is 12.1 Å². The minimum Gasteiger partial charge on any atom is -0.395 e. The van der Waals surface area contributed by atoms with Crippen LogP contribution in [0.1, 0.15) is 0 Å². The molecule has 3 rings (SSSR count). The molecular formula is C16H28N10O5S2. The Labute approximate surface area is 191 Å². The van der Waals surface area contributed by atoms with Crippen LogP contribution < -0.4 is 26.2 Å². The maximum Gasteiger partial charge on any atom is 0.242 e. The molecule has 0 bridgehead atoms. The molecule has 33 heavy (non-hydrogen) atoms. The van der Waals surface area contributed by atoms with E-state index in [1.54, 1.807) is 0 Å². The standard InChI is InChI=1S/C16H28N10O5S2/c17-9-11(18)10-20-33(30,31)13-2-1-12(26-5-3-25(4-6-26)7-8-27)14(15(13)32(19,28)29)16-21-23-24-22-16/h1-2,11,20,27H,3-10,17-18H2,(H2,19,28,29)(H,21,22,23,24)/t11-/m0/s1. The number of aliphatic hydroxyl groups excluding tert-OH is 1. The molecule has 9 N–H and O–H groups in total. The molecule has 1 aromatic carbocycles. The highest BCUT2D eigenvalue weighted by Gasteiger charge is 2.33. The van der Waals surface area contributed by atoms with Gasteiger partial charge in [0.1, 0.15) is 9.79 Å². The van der Waals surface area contributed by atoms with Crippen molar-refractivity contribution in [2.75, 3.05) is 57.3 Å². The summed E-state index contributed by atoms with van der Waals surface area (Å²) in [7, 11) is -8.90. The first-order chi connectivity index (χ1) is 15.6. The van der Waals surface area contributed by atoms with Crippen molar-refractivity contribution in [2.45, 2.75) is 15.8 Å². The summed E-state index contributed by atoms with van der Waals surface area (Å²) >= 11 is 0. The number of primary sulfonamides is 1. The summed E-state index contributed by atoms with van der Waals surface area (Å²) in [6, 6.07) is 2.01. The van der Waals surface area contributed by atoms with Gasteiger partial charge in [0.2, 0.25) is 20.0 Å². The van der Waals surface area contributed by atoms with E-state index in [0.717, 1.165) is 0 Å². The summed E-state index contributed by atoms with van der Waals surface area (Å²) in [6.07, 6.45) is 0. The summed E-state index contributed by atoms with van der Waals surface area (Å²) in [4.78, 5) is 2.75. The molecule has 15 nitrogen and oxygen atoms in total. The van der Waals surface area contributed by atoms with Gasteiger partial charge in [0.15, 0.2) is 5.82 Å². The van der Waals surface area contributed by atoms with Gasteiger partial charge < -0.3 is 21.5 Å². The number of sulfonamides is 2. The molecule has 1 fully saturated rings. The van der Waals surface area contributed by atoms with Crippen LogP contribution in [0.15, 0.2) is 21.9 Å². The van der Waals surface area contributed by atoms with E-state index in [1.807, 2.05) is 4.90 Å².